The van der Waals surface area contributed by atoms with E-state index in [0.29, 0.717) is 18.1 Å². The first-order valence-corrected chi connectivity index (χ1v) is 8.39. The van der Waals surface area contributed by atoms with Crippen LogP contribution in [-0.2, 0) is 17.2 Å². The summed E-state index contributed by atoms with van der Waals surface area (Å²) in [6.07, 6.45) is 1.89. The molecule has 0 amide bonds. The molecule has 0 aliphatic heterocycles. The maximum atomic E-state index is 11.4. The van der Waals surface area contributed by atoms with E-state index in [2.05, 4.69) is 27.5 Å². The van der Waals surface area contributed by atoms with Gasteiger partial charge in [-0.1, -0.05) is 13.8 Å². The zero-order chi connectivity index (χ0) is 14.1. The van der Waals surface area contributed by atoms with Crippen molar-refractivity contribution in [2.45, 2.75) is 33.6 Å². The van der Waals surface area contributed by atoms with Gasteiger partial charge in [0.05, 0.1) is 0 Å². The molecule has 1 aromatic heterocycles. The highest BCUT2D eigenvalue weighted by Gasteiger charge is 2.04. The van der Waals surface area contributed by atoms with E-state index in [1.807, 2.05) is 19.9 Å². The Hall–Kier alpha value is -1.17. The van der Waals surface area contributed by atoms with E-state index in [1.165, 1.54) is 0 Å². The van der Waals surface area contributed by atoms with E-state index in [4.69, 9.17) is 0 Å². The molecule has 6 heteroatoms. The molecule has 1 atom stereocenters. The van der Waals surface area contributed by atoms with Gasteiger partial charge in [0.25, 0.3) is 0 Å². The van der Waals surface area contributed by atoms with Gasteiger partial charge in [0, 0.05) is 47.9 Å². The summed E-state index contributed by atoms with van der Waals surface area (Å²) < 4.78 is 11.4. The van der Waals surface area contributed by atoms with E-state index in [0.717, 1.165) is 36.8 Å². The molecule has 0 spiro atoms. The molecule has 0 saturated carbocycles. The van der Waals surface area contributed by atoms with Gasteiger partial charge < -0.3 is 10.6 Å². The highest BCUT2D eigenvalue weighted by Crippen LogP contribution is 2.12. The van der Waals surface area contributed by atoms with Crippen molar-refractivity contribution in [3.63, 3.8) is 0 Å². The molecule has 0 saturated heterocycles. The highest BCUT2D eigenvalue weighted by molar-refractivity contribution is 7.84. The molecule has 0 radical (unpaired) electrons. The second-order valence-corrected chi connectivity index (χ2v) is 6.06. The molecule has 0 aliphatic carbocycles. The number of rotatable bonds is 9. The van der Waals surface area contributed by atoms with Gasteiger partial charge in [-0.3, -0.25) is 4.21 Å². The van der Waals surface area contributed by atoms with Gasteiger partial charge in [0.2, 0.25) is 0 Å². The van der Waals surface area contributed by atoms with Crippen LogP contribution in [-0.4, -0.2) is 38.8 Å². The Balaban J connectivity index is 2.66. The monoisotopic (exact) mass is 284 g/mol. The lowest BCUT2D eigenvalue weighted by atomic mass is 10.3. The Morgan fingerprint density at radius 1 is 1.16 bits per heavy atom. The van der Waals surface area contributed by atoms with Crippen LogP contribution in [0.1, 0.15) is 33.0 Å². The fourth-order valence-corrected chi connectivity index (χ4v) is 2.25. The Morgan fingerprint density at radius 3 is 2.42 bits per heavy atom. The number of anilines is 2. The van der Waals surface area contributed by atoms with Gasteiger partial charge in [0.1, 0.15) is 17.5 Å². The molecule has 0 fully saturated rings. The number of aromatic nitrogens is 2. The first-order chi connectivity index (χ1) is 9.19. The maximum absolute atomic E-state index is 11.4. The normalized spacial score (nSPS) is 12.2. The van der Waals surface area contributed by atoms with E-state index in [9.17, 15) is 4.21 Å². The maximum Gasteiger partial charge on any atom is 0.133 e. The van der Waals surface area contributed by atoms with Crippen molar-refractivity contribution >= 4 is 22.4 Å². The summed E-state index contributed by atoms with van der Waals surface area (Å²) in [4.78, 5) is 8.92. The van der Waals surface area contributed by atoms with Crippen molar-refractivity contribution in [3.8, 4) is 0 Å². The predicted molar refractivity (Wildman–Crippen MR) is 82.2 cm³/mol. The van der Waals surface area contributed by atoms with Gasteiger partial charge in [0.15, 0.2) is 0 Å². The van der Waals surface area contributed by atoms with Crippen LogP contribution >= 0.6 is 0 Å². The Bertz CT molecular complexity index is 387. The number of nitrogens with zero attached hydrogens (tertiary/aromatic N) is 2. The number of hydrogen-bond acceptors (Lipinski definition) is 5. The van der Waals surface area contributed by atoms with Crippen LogP contribution in [0, 0.1) is 0 Å². The van der Waals surface area contributed by atoms with Gasteiger partial charge in [-0.25, -0.2) is 9.97 Å². The third kappa shape index (κ3) is 6.00. The van der Waals surface area contributed by atoms with E-state index in [-0.39, 0.29) is 0 Å². The Morgan fingerprint density at radius 2 is 1.84 bits per heavy atom. The van der Waals surface area contributed by atoms with Crippen LogP contribution in [0.4, 0.5) is 11.6 Å². The van der Waals surface area contributed by atoms with Crippen molar-refractivity contribution in [3.05, 3.63) is 11.9 Å². The fraction of sp³-hybridized carbons (Fsp3) is 0.692. The molecular formula is C13H24N4OS. The first-order valence-electron chi connectivity index (χ1n) is 6.90. The lowest BCUT2D eigenvalue weighted by Crippen LogP contribution is -2.14. The van der Waals surface area contributed by atoms with Crippen molar-refractivity contribution in [2.24, 2.45) is 0 Å². The van der Waals surface area contributed by atoms with Crippen molar-refractivity contribution in [1.82, 2.24) is 9.97 Å². The van der Waals surface area contributed by atoms with E-state index >= 15 is 0 Å². The SMILES string of the molecule is CCCc1nc(NCC)cc(NCCS(=O)CC)n1. The third-order valence-electron chi connectivity index (χ3n) is 2.56. The standard InChI is InChI=1S/C13H24N4OS/c1-4-7-11-16-12(14-5-2)10-13(17-11)15-8-9-19(18)6-3/h10H,4-9H2,1-3H3,(H2,14,15,16,17). The van der Waals surface area contributed by atoms with E-state index < -0.39 is 10.8 Å². The molecule has 108 valence electrons. The minimum atomic E-state index is -0.740. The molecule has 1 heterocycles. The number of aryl methyl sites for hydroxylation is 1. The smallest absolute Gasteiger partial charge is 0.133 e. The zero-order valence-corrected chi connectivity index (χ0v) is 12.8. The quantitative estimate of drug-likeness (QED) is 0.726. The van der Waals surface area contributed by atoms with Crippen LogP contribution < -0.4 is 10.6 Å². The van der Waals surface area contributed by atoms with Gasteiger partial charge in [-0.2, -0.15) is 0 Å². The molecule has 5 nitrogen and oxygen atoms in total. The van der Waals surface area contributed by atoms with Crippen LogP contribution in [0.25, 0.3) is 0 Å². The molecule has 0 aromatic carbocycles. The fourth-order valence-electron chi connectivity index (χ4n) is 1.63. The van der Waals surface area contributed by atoms with Gasteiger partial charge in [-0.15, -0.1) is 0 Å². The van der Waals surface area contributed by atoms with Crippen LogP contribution in [0.3, 0.4) is 0 Å². The van der Waals surface area contributed by atoms with Crippen LogP contribution in [0.2, 0.25) is 0 Å². The molecule has 0 aliphatic rings. The van der Waals surface area contributed by atoms with Crippen LogP contribution in [0.5, 0.6) is 0 Å². The Labute approximate surface area is 118 Å². The first kappa shape index (κ1) is 15.9. The van der Waals surface area contributed by atoms with E-state index in [1.54, 1.807) is 0 Å². The lowest BCUT2D eigenvalue weighted by molar-refractivity contribution is 0.684. The summed E-state index contributed by atoms with van der Waals surface area (Å²) in [7, 11) is -0.740. The lowest BCUT2D eigenvalue weighted by Gasteiger charge is -2.10. The molecular weight excluding hydrogens is 260 g/mol. The van der Waals surface area contributed by atoms with Crippen LogP contribution in [0.15, 0.2) is 6.07 Å². The molecule has 1 unspecified atom stereocenters. The summed E-state index contributed by atoms with van der Waals surface area (Å²) in [5.41, 5.74) is 0. The molecule has 1 aromatic rings. The topological polar surface area (TPSA) is 66.9 Å². The van der Waals surface area contributed by atoms with Gasteiger partial charge >= 0.3 is 0 Å². The Kier molecular flexibility index (Phi) is 7.40. The predicted octanol–water partition coefficient (Wildman–Crippen LogP) is 2.04. The molecule has 0 bridgehead atoms. The van der Waals surface area contributed by atoms with Crippen molar-refractivity contribution < 1.29 is 4.21 Å². The summed E-state index contributed by atoms with van der Waals surface area (Å²) in [5.74, 6) is 3.86. The summed E-state index contributed by atoms with van der Waals surface area (Å²) >= 11 is 0. The summed E-state index contributed by atoms with van der Waals surface area (Å²) in [6, 6.07) is 1.90. The molecule has 19 heavy (non-hydrogen) atoms. The minimum absolute atomic E-state index is 0.653. The van der Waals surface area contributed by atoms with Gasteiger partial charge in [-0.05, 0) is 13.3 Å². The second-order valence-electron chi connectivity index (χ2n) is 4.19. The molecule has 1 rings (SSSR count). The van der Waals surface area contributed by atoms with Crippen molar-refractivity contribution in [1.29, 1.82) is 0 Å². The number of hydrogen-bond donors (Lipinski definition) is 2. The number of nitrogens with one attached hydrogen (secondary N) is 2. The largest absolute Gasteiger partial charge is 0.370 e. The average molecular weight is 284 g/mol. The highest BCUT2D eigenvalue weighted by atomic mass is 32.2. The second kappa shape index (κ2) is 8.85. The summed E-state index contributed by atoms with van der Waals surface area (Å²) in [5, 5.41) is 6.43. The molecule has 2 N–H and O–H groups in total. The van der Waals surface area contributed by atoms with Crippen molar-refractivity contribution in [2.75, 3.05) is 35.2 Å². The zero-order valence-electron chi connectivity index (χ0n) is 12.0. The average Bonchev–Trinajstić information content (AvgIpc) is 2.39. The minimum Gasteiger partial charge on any atom is -0.370 e. The summed E-state index contributed by atoms with van der Waals surface area (Å²) in [6.45, 7) is 7.60. The third-order valence-corrected chi connectivity index (χ3v) is 3.87.